The van der Waals surface area contributed by atoms with Gasteiger partial charge >= 0.3 is 6.55 Å². The lowest BCUT2D eigenvalue weighted by Crippen LogP contribution is -2.24. The van der Waals surface area contributed by atoms with E-state index in [1.165, 1.54) is 0 Å². The van der Waals surface area contributed by atoms with Crippen LogP contribution in [0.4, 0.5) is 17.6 Å². The average molecular weight is 398 g/mol. The highest BCUT2D eigenvalue weighted by atomic mass is 19.3. The van der Waals surface area contributed by atoms with Crippen LogP contribution in [-0.2, 0) is 11.3 Å². The van der Waals surface area contributed by atoms with Gasteiger partial charge in [-0.2, -0.15) is 8.78 Å². The Kier molecular flexibility index (Phi) is 7.31. The highest BCUT2D eigenvalue weighted by Gasteiger charge is 2.35. The first-order valence-corrected chi connectivity index (χ1v) is 8.79. The molecular formula is C19H22F4N4O. The van der Waals surface area contributed by atoms with E-state index in [1.54, 1.807) is 17.4 Å². The molecule has 1 amide bonds. The van der Waals surface area contributed by atoms with Gasteiger partial charge in [0.25, 0.3) is 0 Å². The molecule has 1 aliphatic rings. The lowest BCUT2D eigenvalue weighted by atomic mass is 9.82. The summed E-state index contributed by atoms with van der Waals surface area (Å²) in [6.07, 6.45) is 3.35. The van der Waals surface area contributed by atoms with Crippen molar-refractivity contribution in [3.63, 3.8) is 0 Å². The maximum absolute atomic E-state index is 13.5. The second-order valence-corrected chi connectivity index (χ2v) is 6.54. The average Bonchev–Trinajstić information content (AvgIpc) is 2.65. The first-order chi connectivity index (χ1) is 13.2. The summed E-state index contributed by atoms with van der Waals surface area (Å²) >= 11 is 0. The molecule has 2 rings (SSSR count). The van der Waals surface area contributed by atoms with Gasteiger partial charge in [-0.25, -0.2) is 13.8 Å². The van der Waals surface area contributed by atoms with E-state index in [-0.39, 0.29) is 36.7 Å². The number of hydrogen-bond acceptors (Lipinski definition) is 4. The zero-order chi connectivity index (χ0) is 20.7. The standard InChI is InChI=1S/C19H22F4N4O/c1-2-17(28)26-11-14-9-13(12-3-6-19(22,23)7-4-12)10-16(27-14)15(24)5-8-25-18(20)21/h2,5,8-10,12,18,24-25H,1,3-4,6-7,11H2,(H,26,28)/b8-5-,24-15?. The van der Waals surface area contributed by atoms with Crippen molar-refractivity contribution in [3.8, 4) is 0 Å². The smallest absolute Gasteiger partial charge is 0.312 e. The van der Waals surface area contributed by atoms with Gasteiger partial charge in [-0.05, 0) is 48.6 Å². The molecule has 0 aromatic carbocycles. The molecule has 1 fully saturated rings. The minimum Gasteiger partial charge on any atom is -0.347 e. The molecule has 3 N–H and O–H groups in total. The summed E-state index contributed by atoms with van der Waals surface area (Å²) in [4.78, 5) is 15.7. The Balaban J connectivity index is 2.25. The number of halogens is 4. The number of allylic oxidation sites excluding steroid dienone is 1. The molecule has 0 spiro atoms. The fraction of sp³-hybridized carbons (Fsp3) is 0.421. The largest absolute Gasteiger partial charge is 0.347 e. The number of alkyl halides is 4. The van der Waals surface area contributed by atoms with E-state index in [1.807, 2.05) is 0 Å². The summed E-state index contributed by atoms with van der Waals surface area (Å²) in [6, 6.07) is 3.33. The van der Waals surface area contributed by atoms with Crippen molar-refractivity contribution in [2.24, 2.45) is 0 Å². The van der Waals surface area contributed by atoms with Gasteiger partial charge in [-0.1, -0.05) is 6.58 Å². The number of aromatic nitrogens is 1. The van der Waals surface area contributed by atoms with Crippen LogP contribution in [0.25, 0.3) is 0 Å². The Morgan fingerprint density at radius 2 is 2.04 bits per heavy atom. The molecule has 0 saturated heterocycles. The van der Waals surface area contributed by atoms with E-state index in [4.69, 9.17) is 5.41 Å². The zero-order valence-corrected chi connectivity index (χ0v) is 15.2. The molecule has 5 nitrogen and oxygen atoms in total. The second kappa shape index (κ2) is 9.48. The van der Waals surface area contributed by atoms with Crippen LogP contribution in [0.2, 0.25) is 0 Å². The van der Waals surface area contributed by atoms with Gasteiger partial charge in [-0.15, -0.1) is 0 Å². The molecule has 0 unspecified atom stereocenters. The van der Waals surface area contributed by atoms with E-state index in [0.717, 1.165) is 23.9 Å². The Morgan fingerprint density at radius 3 is 2.64 bits per heavy atom. The van der Waals surface area contributed by atoms with Crippen molar-refractivity contribution in [1.82, 2.24) is 15.6 Å². The van der Waals surface area contributed by atoms with E-state index in [2.05, 4.69) is 16.9 Å². The molecule has 1 heterocycles. The molecule has 0 aliphatic heterocycles. The normalized spacial score (nSPS) is 16.9. The number of amides is 1. The number of rotatable bonds is 8. The summed E-state index contributed by atoms with van der Waals surface area (Å²) < 4.78 is 51.3. The predicted molar refractivity (Wildman–Crippen MR) is 97.5 cm³/mol. The van der Waals surface area contributed by atoms with Crippen molar-refractivity contribution in [1.29, 1.82) is 5.41 Å². The molecule has 0 bridgehead atoms. The minimum atomic E-state index is -2.75. The first-order valence-electron chi connectivity index (χ1n) is 8.79. The minimum absolute atomic E-state index is 0.0703. The van der Waals surface area contributed by atoms with Gasteiger partial charge in [0.1, 0.15) is 0 Å². The Hall–Kier alpha value is -2.71. The SMILES string of the molecule is C=CC(=O)NCc1cc(C2CCC(F)(F)CC2)cc(C(=N)/C=C\NC(F)F)n1. The number of carbonyl (C=O) groups excluding carboxylic acids is 1. The van der Waals surface area contributed by atoms with Crippen molar-refractivity contribution in [3.05, 3.63) is 54.0 Å². The van der Waals surface area contributed by atoms with Crippen LogP contribution >= 0.6 is 0 Å². The molecule has 152 valence electrons. The Labute approximate surface area is 160 Å². The van der Waals surface area contributed by atoms with Crippen LogP contribution in [0.15, 0.2) is 37.1 Å². The van der Waals surface area contributed by atoms with Crippen LogP contribution in [0.5, 0.6) is 0 Å². The van der Waals surface area contributed by atoms with Crippen molar-refractivity contribution in [2.45, 2.75) is 50.6 Å². The van der Waals surface area contributed by atoms with E-state index < -0.39 is 18.4 Å². The fourth-order valence-corrected chi connectivity index (χ4v) is 2.99. The highest BCUT2D eigenvalue weighted by Crippen LogP contribution is 2.41. The Morgan fingerprint density at radius 1 is 1.36 bits per heavy atom. The molecule has 1 aromatic heterocycles. The van der Waals surface area contributed by atoms with Crippen LogP contribution in [-0.4, -0.2) is 29.1 Å². The van der Waals surface area contributed by atoms with E-state index >= 15 is 0 Å². The van der Waals surface area contributed by atoms with Crippen LogP contribution in [0, 0.1) is 5.41 Å². The zero-order valence-electron chi connectivity index (χ0n) is 15.2. The summed E-state index contributed by atoms with van der Waals surface area (Å²) in [5.41, 5.74) is 1.28. The lowest BCUT2D eigenvalue weighted by molar-refractivity contribution is -0.116. The molecular weight excluding hydrogens is 376 g/mol. The Bertz CT molecular complexity index is 754. The van der Waals surface area contributed by atoms with Crippen molar-refractivity contribution >= 4 is 11.6 Å². The summed E-state index contributed by atoms with van der Waals surface area (Å²) in [7, 11) is 0. The third-order valence-electron chi connectivity index (χ3n) is 4.47. The summed E-state index contributed by atoms with van der Waals surface area (Å²) in [6.45, 7) is 0.674. The van der Waals surface area contributed by atoms with Gasteiger partial charge < -0.3 is 10.6 Å². The van der Waals surface area contributed by atoms with E-state index in [9.17, 15) is 22.4 Å². The third kappa shape index (κ3) is 6.47. The number of hydrogen-bond donors (Lipinski definition) is 3. The fourth-order valence-electron chi connectivity index (χ4n) is 2.99. The number of nitrogens with zero attached hydrogens (tertiary/aromatic N) is 1. The summed E-state index contributed by atoms with van der Waals surface area (Å²) in [5.74, 6) is -3.18. The highest BCUT2D eigenvalue weighted by molar-refractivity contribution is 6.05. The molecule has 28 heavy (non-hydrogen) atoms. The number of pyridine rings is 1. The molecule has 1 aromatic rings. The van der Waals surface area contributed by atoms with Crippen molar-refractivity contribution in [2.75, 3.05) is 0 Å². The second-order valence-electron chi connectivity index (χ2n) is 6.54. The molecule has 0 radical (unpaired) electrons. The van der Waals surface area contributed by atoms with Gasteiger partial charge in [0.2, 0.25) is 11.8 Å². The maximum Gasteiger partial charge on any atom is 0.312 e. The predicted octanol–water partition coefficient (Wildman–Crippen LogP) is 3.87. The maximum atomic E-state index is 13.5. The first kappa shape index (κ1) is 21.6. The van der Waals surface area contributed by atoms with Gasteiger partial charge in [-0.3, -0.25) is 10.2 Å². The molecule has 1 aliphatic carbocycles. The van der Waals surface area contributed by atoms with Crippen LogP contribution in [0.3, 0.4) is 0 Å². The van der Waals surface area contributed by atoms with Gasteiger partial charge in [0, 0.05) is 19.0 Å². The number of carbonyl (C=O) groups is 1. The molecule has 0 atom stereocenters. The monoisotopic (exact) mass is 398 g/mol. The molecule has 9 heteroatoms. The topological polar surface area (TPSA) is 77.9 Å². The van der Waals surface area contributed by atoms with Gasteiger partial charge in [0.05, 0.1) is 23.6 Å². The quantitative estimate of drug-likeness (QED) is 0.269. The lowest BCUT2D eigenvalue weighted by Gasteiger charge is -2.29. The van der Waals surface area contributed by atoms with Crippen molar-refractivity contribution < 1.29 is 22.4 Å². The van der Waals surface area contributed by atoms with Crippen LogP contribution in [0.1, 0.15) is 48.6 Å². The number of nitrogens with one attached hydrogen (secondary N) is 3. The third-order valence-corrected chi connectivity index (χ3v) is 4.47. The molecule has 1 saturated carbocycles. The van der Waals surface area contributed by atoms with Crippen LogP contribution < -0.4 is 10.6 Å². The van der Waals surface area contributed by atoms with E-state index in [0.29, 0.717) is 18.5 Å². The summed E-state index contributed by atoms with van der Waals surface area (Å²) in [5, 5.41) is 12.4. The van der Waals surface area contributed by atoms with Gasteiger partial charge in [0.15, 0.2) is 0 Å².